The summed E-state index contributed by atoms with van der Waals surface area (Å²) in [6.07, 6.45) is 0.180. The fourth-order valence-electron chi connectivity index (χ4n) is 1.52. The smallest absolute Gasteiger partial charge is 0.117 e. The third-order valence-electron chi connectivity index (χ3n) is 2.08. The lowest BCUT2D eigenvalue weighted by atomic mass is 10.0. The normalized spacial score (nSPS) is 35.1. The Bertz CT molecular complexity index is 108. The molecule has 0 aromatic carbocycles. The first-order valence-corrected chi connectivity index (χ1v) is 3.76. The molecule has 0 spiro atoms. The lowest BCUT2D eigenvalue weighted by molar-refractivity contribution is 0.271. The Morgan fingerprint density at radius 3 is 2.70 bits per heavy atom. The summed E-state index contributed by atoms with van der Waals surface area (Å²) < 4.78 is 12.9. The second kappa shape index (κ2) is 3.30. The summed E-state index contributed by atoms with van der Waals surface area (Å²) in [5.41, 5.74) is 5.33. The van der Waals surface area contributed by atoms with Crippen LogP contribution in [0.4, 0.5) is 4.39 Å². The molecule has 2 atom stereocenters. The first-order valence-electron chi connectivity index (χ1n) is 3.76. The minimum absolute atomic E-state index is 0.190. The summed E-state index contributed by atoms with van der Waals surface area (Å²) in [5.74, 6) is 0.190. The van der Waals surface area contributed by atoms with Crippen molar-refractivity contribution in [2.75, 3.05) is 26.7 Å². The molecular weight excluding hydrogens is 131 g/mol. The van der Waals surface area contributed by atoms with Gasteiger partial charge in [-0.15, -0.1) is 0 Å². The molecule has 0 amide bonds. The predicted octanol–water partition coefficient (Wildman–Crippen LogP) is 0.235. The third-order valence-corrected chi connectivity index (χ3v) is 2.08. The third kappa shape index (κ3) is 1.67. The van der Waals surface area contributed by atoms with Gasteiger partial charge in [0.2, 0.25) is 0 Å². The highest BCUT2D eigenvalue weighted by Gasteiger charge is 2.29. The molecule has 0 aliphatic carbocycles. The van der Waals surface area contributed by atoms with E-state index in [1.807, 2.05) is 11.9 Å². The molecule has 0 saturated carbocycles. The zero-order chi connectivity index (χ0) is 7.56. The summed E-state index contributed by atoms with van der Waals surface area (Å²) in [6, 6.07) is 0. The van der Waals surface area contributed by atoms with Crippen molar-refractivity contribution >= 4 is 0 Å². The second-order valence-corrected chi connectivity index (χ2v) is 3.07. The molecule has 3 heteroatoms. The molecule has 60 valence electrons. The fourth-order valence-corrected chi connectivity index (χ4v) is 1.52. The molecule has 1 saturated heterocycles. The van der Waals surface area contributed by atoms with Gasteiger partial charge in [0.25, 0.3) is 0 Å². The van der Waals surface area contributed by atoms with Crippen LogP contribution in [0.1, 0.15) is 6.42 Å². The van der Waals surface area contributed by atoms with Gasteiger partial charge in [-0.1, -0.05) is 0 Å². The second-order valence-electron chi connectivity index (χ2n) is 3.07. The molecule has 2 nitrogen and oxygen atoms in total. The average Bonchev–Trinajstić information content (AvgIpc) is 2.13. The Kier molecular flexibility index (Phi) is 2.63. The van der Waals surface area contributed by atoms with Crippen LogP contribution in [0.25, 0.3) is 0 Å². The maximum absolute atomic E-state index is 12.9. The van der Waals surface area contributed by atoms with Crippen molar-refractivity contribution in [1.29, 1.82) is 0 Å². The molecule has 1 rings (SSSR count). The Morgan fingerprint density at radius 1 is 1.60 bits per heavy atom. The highest BCUT2D eigenvalue weighted by atomic mass is 19.1. The minimum Gasteiger partial charge on any atom is -0.330 e. The highest BCUT2D eigenvalue weighted by Crippen LogP contribution is 2.20. The van der Waals surface area contributed by atoms with Crippen LogP contribution in [-0.2, 0) is 0 Å². The van der Waals surface area contributed by atoms with Crippen LogP contribution in [0.2, 0.25) is 0 Å². The molecule has 0 aromatic rings. The first kappa shape index (κ1) is 7.95. The van der Waals surface area contributed by atoms with E-state index in [1.54, 1.807) is 0 Å². The maximum Gasteiger partial charge on any atom is 0.117 e. The number of halogens is 1. The van der Waals surface area contributed by atoms with Gasteiger partial charge in [0.15, 0.2) is 0 Å². The van der Waals surface area contributed by atoms with Crippen LogP contribution in [0, 0.1) is 5.92 Å². The quantitative estimate of drug-likeness (QED) is 0.604. The number of hydrogen-bond donors (Lipinski definition) is 1. The topological polar surface area (TPSA) is 29.3 Å². The summed E-state index contributed by atoms with van der Waals surface area (Å²) in [4.78, 5) is 2.02. The van der Waals surface area contributed by atoms with Crippen molar-refractivity contribution in [3.05, 3.63) is 0 Å². The molecular formula is C7H15FN2. The molecule has 1 aliphatic heterocycles. The molecule has 0 radical (unpaired) electrons. The number of rotatable bonds is 2. The van der Waals surface area contributed by atoms with E-state index in [0.717, 1.165) is 13.0 Å². The fraction of sp³-hybridized carbons (Fsp3) is 1.00. The van der Waals surface area contributed by atoms with Gasteiger partial charge in [-0.3, -0.25) is 0 Å². The predicted molar refractivity (Wildman–Crippen MR) is 39.6 cm³/mol. The van der Waals surface area contributed by atoms with Gasteiger partial charge in [-0.05, 0) is 20.0 Å². The van der Waals surface area contributed by atoms with Crippen LogP contribution in [-0.4, -0.2) is 37.8 Å². The molecule has 10 heavy (non-hydrogen) atoms. The number of nitrogens with zero attached hydrogens (tertiary/aromatic N) is 1. The Balaban J connectivity index is 2.31. The van der Waals surface area contributed by atoms with Crippen molar-refractivity contribution < 1.29 is 4.39 Å². The summed E-state index contributed by atoms with van der Waals surface area (Å²) in [6.45, 7) is 2.07. The van der Waals surface area contributed by atoms with Crippen molar-refractivity contribution in [2.24, 2.45) is 11.7 Å². The lowest BCUT2D eigenvalue weighted by Crippen LogP contribution is -2.17. The summed E-state index contributed by atoms with van der Waals surface area (Å²) >= 11 is 0. The average molecular weight is 146 g/mol. The van der Waals surface area contributed by atoms with Crippen LogP contribution in [0.15, 0.2) is 0 Å². The van der Waals surface area contributed by atoms with E-state index in [-0.39, 0.29) is 5.92 Å². The van der Waals surface area contributed by atoms with Gasteiger partial charge in [0, 0.05) is 19.0 Å². The van der Waals surface area contributed by atoms with Crippen LogP contribution < -0.4 is 5.73 Å². The molecule has 1 fully saturated rings. The van der Waals surface area contributed by atoms with Crippen LogP contribution >= 0.6 is 0 Å². The standard InChI is InChI=1S/C7H15FN2/c1-10-4-6(2-3-9)7(8)5-10/h6-7H,2-5,9H2,1H3. The SMILES string of the molecule is CN1CC(F)C(CCN)C1. The lowest BCUT2D eigenvalue weighted by Gasteiger charge is -2.08. The monoisotopic (exact) mass is 146 g/mol. The van der Waals surface area contributed by atoms with Crippen molar-refractivity contribution in [2.45, 2.75) is 12.6 Å². The van der Waals surface area contributed by atoms with E-state index in [2.05, 4.69) is 0 Å². The van der Waals surface area contributed by atoms with Gasteiger partial charge in [0.1, 0.15) is 6.17 Å². The van der Waals surface area contributed by atoms with E-state index >= 15 is 0 Å². The van der Waals surface area contributed by atoms with Gasteiger partial charge >= 0.3 is 0 Å². The Morgan fingerprint density at radius 2 is 2.30 bits per heavy atom. The van der Waals surface area contributed by atoms with E-state index in [1.165, 1.54) is 0 Å². The van der Waals surface area contributed by atoms with Crippen molar-refractivity contribution in [3.8, 4) is 0 Å². The number of nitrogens with two attached hydrogens (primary N) is 1. The van der Waals surface area contributed by atoms with E-state index < -0.39 is 6.17 Å². The summed E-state index contributed by atoms with van der Waals surface area (Å²) in [7, 11) is 1.95. The zero-order valence-electron chi connectivity index (χ0n) is 6.39. The molecule has 0 bridgehead atoms. The van der Waals surface area contributed by atoms with E-state index in [0.29, 0.717) is 13.1 Å². The molecule has 0 aromatic heterocycles. The zero-order valence-corrected chi connectivity index (χ0v) is 6.39. The van der Waals surface area contributed by atoms with Crippen molar-refractivity contribution in [1.82, 2.24) is 4.90 Å². The molecule has 2 unspecified atom stereocenters. The van der Waals surface area contributed by atoms with E-state index in [9.17, 15) is 4.39 Å². The van der Waals surface area contributed by atoms with Crippen LogP contribution in [0.3, 0.4) is 0 Å². The van der Waals surface area contributed by atoms with Gasteiger partial charge in [-0.25, -0.2) is 4.39 Å². The van der Waals surface area contributed by atoms with Gasteiger partial charge < -0.3 is 10.6 Å². The largest absolute Gasteiger partial charge is 0.330 e. The van der Waals surface area contributed by atoms with Crippen LogP contribution in [0.5, 0.6) is 0 Å². The summed E-state index contributed by atoms with van der Waals surface area (Å²) in [5, 5.41) is 0. The number of likely N-dealkylation sites (tertiary alicyclic amines) is 1. The minimum atomic E-state index is -0.645. The molecule has 1 aliphatic rings. The Labute approximate surface area is 61.2 Å². The number of hydrogen-bond acceptors (Lipinski definition) is 2. The van der Waals surface area contributed by atoms with Gasteiger partial charge in [0.05, 0.1) is 0 Å². The maximum atomic E-state index is 12.9. The molecule has 2 N–H and O–H groups in total. The van der Waals surface area contributed by atoms with E-state index in [4.69, 9.17) is 5.73 Å². The molecule has 1 heterocycles. The first-order chi connectivity index (χ1) is 4.74. The number of alkyl halides is 1. The van der Waals surface area contributed by atoms with Gasteiger partial charge in [-0.2, -0.15) is 0 Å². The Hall–Kier alpha value is -0.150. The van der Waals surface area contributed by atoms with Crippen molar-refractivity contribution in [3.63, 3.8) is 0 Å². The highest BCUT2D eigenvalue weighted by molar-refractivity contribution is 4.81.